The highest BCUT2D eigenvalue weighted by atomic mass is 16.3. The van der Waals surface area contributed by atoms with Gasteiger partial charge in [-0.2, -0.15) is 0 Å². The molecule has 1 aliphatic carbocycles. The second kappa shape index (κ2) is 13.9. The SMILES string of the molecule is CC(C)C(=O)c1ccc2c(c1)CCN(CCC1CCC(NC(=O)c3ccncc3)CC1)CC2.O=CO. The maximum atomic E-state index is 12.4. The molecule has 0 atom stereocenters. The monoisotopic (exact) mass is 493 g/mol. The molecule has 1 aliphatic heterocycles. The van der Waals surface area contributed by atoms with Crippen LogP contribution >= 0.6 is 0 Å². The van der Waals surface area contributed by atoms with Crippen LogP contribution in [0.2, 0.25) is 0 Å². The topological polar surface area (TPSA) is 99.6 Å². The smallest absolute Gasteiger partial charge is 0.290 e. The van der Waals surface area contributed by atoms with Crippen LogP contribution in [0.3, 0.4) is 0 Å². The third-order valence-corrected chi connectivity index (χ3v) is 7.39. The fourth-order valence-corrected chi connectivity index (χ4v) is 5.21. The minimum Gasteiger partial charge on any atom is -0.483 e. The van der Waals surface area contributed by atoms with Crippen molar-refractivity contribution in [3.63, 3.8) is 0 Å². The average molecular weight is 494 g/mol. The summed E-state index contributed by atoms with van der Waals surface area (Å²) in [5.41, 5.74) is 4.32. The van der Waals surface area contributed by atoms with Crippen LogP contribution in [-0.4, -0.2) is 58.8 Å². The fraction of sp³-hybridized carbons (Fsp3) is 0.517. The Morgan fingerprint density at radius 3 is 2.31 bits per heavy atom. The van der Waals surface area contributed by atoms with Crippen molar-refractivity contribution in [1.29, 1.82) is 0 Å². The number of fused-ring (bicyclic) bond motifs is 1. The Kier molecular flexibility index (Phi) is 10.6. The number of nitrogens with one attached hydrogen (secondary N) is 1. The summed E-state index contributed by atoms with van der Waals surface area (Å²) in [5, 5.41) is 10.1. The fourth-order valence-electron chi connectivity index (χ4n) is 5.21. The summed E-state index contributed by atoms with van der Waals surface area (Å²) in [6, 6.07) is 10.2. The van der Waals surface area contributed by atoms with Crippen molar-refractivity contribution < 1.29 is 19.5 Å². The van der Waals surface area contributed by atoms with E-state index in [1.807, 2.05) is 19.9 Å². The van der Waals surface area contributed by atoms with Crippen LogP contribution < -0.4 is 5.32 Å². The minimum atomic E-state index is -0.250. The normalized spacial score (nSPS) is 19.9. The lowest BCUT2D eigenvalue weighted by molar-refractivity contribution is -0.122. The van der Waals surface area contributed by atoms with Crippen LogP contribution in [-0.2, 0) is 17.6 Å². The number of hydrogen-bond donors (Lipinski definition) is 2. The Balaban J connectivity index is 0.00000115. The minimum absolute atomic E-state index is 0.0169. The molecule has 7 heteroatoms. The summed E-state index contributed by atoms with van der Waals surface area (Å²) in [7, 11) is 0. The third-order valence-electron chi connectivity index (χ3n) is 7.39. The van der Waals surface area contributed by atoms with Crippen molar-refractivity contribution in [2.45, 2.75) is 64.8 Å². The largest absolute Gasteiger partial charge is 0.483 e. The van der Waals surface area contributed by atoms with E-state index in [9.17, 15) is 9.59 Å². The second-order valence-corrected chi connectivity index (χ2v) is 10.2. The molecule has 1 saturated carbocycles. The first-order chi connectivity index (χ1) is 17.4. The number of carbonyl (C=O) groups is 3. The van der Waals surface area contributed by atoms with E-state index in [2.05, 4.69) is 27.3 Å². The van der Waals surface area contributed by atoms with Gasteiger partial charge in [0.15, 0.2) is 5.78 Å². The van der Waals surface area contributed by atoms with E-state index in [1.54, 1.807) is 24.5 Å². The molecule has 2 N–H and O–H groups in total. The average Bonchev–Trinajstić information content (AvgIpc) is 3.10. The van der Waals surface area contributed by atoms with Gasteiger partial charge in [-0.05, 0) is 86.7 Å². The van der Waals surface area contributed by atoms with Crippen LogP contribution in [0.25, 0.3) is 0 Å². The van der Waals surface area contributed by atoms with Crippen LogP contribution in [0.5, 0.6) is 0 Å². The molecule has 4 rings (SSSR count). The molecule has 1 fully saturated rings. The molecule has 0 saturated heterocycles. The maximum Gasteiger partial charge on any atom is 0.290 e. The summed E-state index contributed by atoms with van der Waals surface area (Å²) >= 11 is 0. The van der Waals surface area contributed by atoms with Gasteiger partial charge >= 0.3 is 0 Å². The zero-order valence-electron chi connectivity index (χ0n) is 21.5. The number of amides is 1. The zero-order chi connectivity index (χ0) is 25.9. The van der Waals surface area contributed by atoms with Crippen molar-refractivity contribution in [3.8, 4) is 0 Å². The number of carboxylic acid groups (broad SMARTS) is 1. The Bertz CT molecular complexity index is 1000. The van der Waals surface area contributed by atoms with Gasteiger partial charge in [0.05, 0.1) is 0 Å². The maximum absolute atomic E-state index is 12.4. The van der Waals surface area contributed by atoms with Gasteiger partial charge in [0, 0.05) is 48.6 Å². The van der Waals surface area contributed by atoms with Crippen LogP contribution in [0.4, 0.5) is 0 Å². The molecule has 0 spiro atoms. The molecule has 2 aliphatic rings. The first-order valence-electron chi connectivity index (χ1n) is 13.1. The Labute approximate surface area is 214 Å². The lowest BCUT2D eigenvalue weighted by Crippen LogP contribution is -2.38. The van der Waals surface area contributed by atoms with Crippen molar-refractivity contribution in [2.24, 2.45) is 11.8 Å². The first kappa shape index (κ1) is 27.5. The predicted molar refractivity (Wildman–Crippen MR) is 140 cm³/mol. The van der Waals surface area contributed by atoms with E-state index in [-0.39, 0.29) is 30.1 Å². The van der Waals surface area contributed by atoms with Crippen molar-refractivity contribution in [1.82, 2.24) is 15.2 Å². The van der Waals surface area contributed by atoms with Crippen molar-refractivity contribution in [3.05, 3.63) is 65.0 Å². The summed E-state index contributed by atoms with van der Waals surface area (Å²) in [6.07, 6.45) is 11.2. The highest BCUT2D eigenvalue weighted by Gasteiger charge is 2.24. The number of hydrogen-bond acceptors (Lipinski definition) is 5. The quantitative estimate of drug-likeness (QED) is 0.438. The van der Waals surface area contributed by atoms with Gasteiger partial charge in [-0.15, -0.1) is 0 Å². The van der Waals surface area contributed by atoms with Crippen LogP contribution in [0.15, 0.2) is 42.7 Å². The third kappa shape index (κ3) is 7.98. The molecule has 1 aromatic carbocycles. The molecule has 194 valence electrons. The Hall–Kier alpha value is -3.06. The lowest BCUT2D eigenvalue weighted by atomic mass is 9.84. The Morgan fingerprint density at radius 2 is 1.67 bits per heavy atom. The molecule has 2 aromatic rings. The van der Waals surface area contributed by atoms with Gasteiger partial charge in [0.2, 0.25) is 0 Å². The van der Waals surface area contributed by atoms with E-state index in [4.69, 9.17) is 9.90 Å². The summed E-state index contributed by atoms with van der Waals surface area (Å²) in [4.78, 5) is 39.7. The van der Waals surface area contributed by atoms with E-state index < -0.39 is 0 Å². The molecule has 36 heavy (non-hydrogen) atoms. The van der Waals surface area contributed by atoms with Gasteiger partial charge in [0.1, 0.15) is 0 Å². The number of pyridine rings is 1. The van der Waals surface area contributed by atoms with Crippen LogP contribution in [0, 0.1) is 11.8 Å². The van der Waals surface area contributed by atoms with E-state index >= 15 is 0 Å². The van der Waals surface area contributed by atoms with E-state index in [0.717, 1.165) is 56.8 Å². The molecule has 2 heterocycles. The molecular weight excluding hydrogens is 454 g/mol. The highest BCUT2D eigenvalue weighted by Crippen LogP contribution is 2.28. The number of benzene rings is 1. The standard InChI is InChI=1S/C28H37N3O2.CH2O2/c1-20(2)27(32)25-6-5-22-12-17-31(18-13-24(22)19-25)16-11-21-3-7-26(8-4-21)30-28(33)23-9-14-29-15-10-23;2-1-3/h5-6,9-10,14-15,19-21,26H,3-4,7-8,11-13,16-18H2,1-2H3,(H,30,33);1H,(H,2,3). The highest BCUT2D eigenvalue weighted by molar-refractivity contribution is 5.97. The second-order valence-electron chi connectivity index (χ2n) is 10.2. The molecule has 0 radical (unpaired) electrons. The van der Waals surface area contributed by atoms with E-state index in [1.165, 1.54) is 30.4 Å². The van der Waals surface area contributed by atoms with Gasteiger partial charge < -0.3 is 15.3 Å². The van der Waals surface area contributed by atoms with Crippen LogP contribution in [0.1, 0.15) is 77.8 Å². The Morgan fingerprint density at radius 1 is 1.03 bits per heavy atom. The number of nitrogens with zero attached hydrogens (tertiary/aromatic N) is 2. The summed E-state index contributed by atoms with van der Waals surface area (Å²) in [6.45, 7) is 7.01. The van der Waals surface area contributed by atoms with Crippen molar-refractivity contribution in [2.75, 3.05) is 19.6 Å². The zero-order valence-corrected chi connectivity index (χ0v) is 21.5. The first-order valence-corrected chi connectivity index (χ1v) is 13.1. The number of aromatic nitrogens is 1. The number of ketones is 1. The molecule has 7 nitrogen and oxygen atoms in total. The number of carbonyl (C=O) groups excluding carboxylic acids is 2. The molecule has 1 aromatic heterocycles. The van der Waals surface area contributed by atoms with Gasteiger partial charge in [-0.3, -0.25) is 19.4 Å². The van der Waals surface area contributed by atoms with Gasteiger partial charge in [-0.25, -0.2) is 0 Å². The van der Waals surface area contributed by atoms with Crippen molar-refractivity contribution >= 4 is 18.2 Å². The van der Waals surface area contributed by atoms with Gasteiger partial charge in [-0.1, -0.05) is 26.0 Å². The predicted octanol–water partition coefficient (Wildman–Crippen LogP) is 4.40. The molecule has 0 bridgehead atoms. The number of Topliss-reactive ketones (excluding diaryl/α,β-unsaturated/α-hetero) is 1. The lowest BCUT2D eigenvalue weighted by Gasteiger charge is -2.30. The summed E-state index contributed by atoms with van der Waals surface area (Å²) < 4.78 is 0. The summed E-state index contributed by atoms with van der Waals surface area (Å²) in [5.74, 6) is 1.05. The number of rotatable bonds is 7. The van der Waals surface area contributed by atoms with Gasteiger partial charge in [0.25, 0.3) is 12.4 Å². The molecule has 1 amide bonds. The van der Waals surface area contributed by atoms with E-state index in [0.29, 0.717) is 5.56 Å². The molecular formula is C29H39N3O4. The molecule has 0 unspecified atom stereocenters.